The second-order valence-electron chi connectivity index (χ2n) is 5.75. The monoisotopic (exact) mass is 349 g/mol. The van der Waals surface area contributed by atoms with E-state index in [0.29, 0.717) is 38.3 Å². The minimum Gasteiger partial charge on any atom is -0.336 e. The zero-order valence-corrected chi connectivity index (χ0v) is 13.9. The maximum atomic E-state index is 12.8. The Labute approximate surface area is 140 Å². The summed E-state index contributed by atoms with van der Waals surface area (Å²) in [6.45, 7) is 2.75. The molecule has 8 nitrogen and oxygen atoms in total. The van der Waals surface area contributed by atoms with Crippen LogP contribution in [0.15, 0.2) is 30.7 Å². The fraction of sp³-hybridized carbons (Fsp3) is 0.400. The molecule has 0 saturated carbocycles. The van der Waals surface area contributed by atoms with Crippen LogP contribution in [0.2, 0.25) is 0 Å². The Kier molecular flexibility index (Phi) is 4.74. The van der Waals surface area contributed by atoms with Gasteiger partial charge in [-0.3, -0.25) is 19.7 Å². The first-order valence-corrected chi connectivity index (χ1v) is 9.36. The van der Waals surface area contributed by atoms with Crippen LogP contribution < -0.4 is 5.14 Å². The topological polar surface area (TPSA) is 109 Å². The summed E-state index contributed by atoms with van der Waals surface area (Å²) in [7, 11) is -3.46. The molecule has 24 heavy (non-hydrogen) atoms. The van der Waals surface area contributed by atoms with Crippen molar-refractivity contribution in [3.05, 3.63) is 36.3 Å². The number of pyridine rings is 2. The summed E-state index contributed by atoms with van der Waals surface area (Å²) in [6, 6.07) is 3.48. The number of nitrogens with two attached hydrogens (primary N) is 1. The van der Waals surface area contributed by atoms with Gasteiger partial charge in [-0.15, -0.1) is 0 Å². The highest BCUT2D eigenvalue weighted by atomic mass is 32.2. The molecule has 3 rings (SSSR count). The van der Waals surface area contributed by atoms with Gasteiger partial charge in [-0.25, -0.2) is 13.6 Å². The van der Waals surface area contributed by atoms with Crippen molar-refractivity contribution in [2.75, 3.05) is 38.5 Å². The molecule has 3 heterocycles. The van der Waals surface area contributed by atoms with E-state index < -0.39 is 10.0 Å². The summed E-state index contributed by atoms with van der Waals surface area (Å²) in [6.07, 6.45) is 4.92. The Hall–Kier alpha value is -2.10. The Morgan fingerprint density at radius 1 is 1.17 bits per heavy atom. The smallest absolute Gasteiger partial charge is 0.254 e. The lowest BCUT2D eigenvalue weighted by molar-refractivity contribution is 0.0646. The molecule has 2 aromatic rings. The fourth-order valence-corrected chi connectivity index (χ4v) is 3.29. The number of amides is 1. The molecule has 2 aromatic heterocycles. The highest BCUT2D eigenvalue weighted by Crippen LogP contribution is 2.17. The lowest BCUT2D eigenvalue weighted by Crippen LogP contribution is -2.49. The van der Waals surface area contributed by atoms with Crippen LogP contribution in [0.1, 0.15) is 10.4 Å². The number of nitrogens with zero attached hydrogens (tertiary/aromatic N) is 4. The second-order valence-corrected chi connectivity index (χ2v) is 7.49. The minimum absolute atomic E-state index is 0.0542. The predicted octanol–water partition coefficient (Wildman–Crippen LogP) is -0.324. The molecule has 1 aliphatic rings. The first-order valence-electron chi connectivity index (χ1n) is 7.65. The molecule has 0 spiro atoms. The maximum Gasteiger partial charge on any atom is 0.254 e. The van der Waals surface area contributed by atoms with Crippen LogP contribution in [0.5, 0.6) is 0 Å². The van der Waals surface area contributed by atoms with Crippen molar-refractivity contribution < 1.29 is 13.2 Å². The normalized spacial score (nSPS) is 16.5. The molecule has 1 amide bonds. The fourth-order valence-electron chi connectivity index (χ4n) is 2.78. The number of carbonyl (C=O) groups excluding carboxylic acids is 1. The van der Waals surface area contributed by atoms with Gasteiger partial charge < -0.3 is 4.90 Å². The summed E-state index contributed by atoms with van der Waals surface area (Å²) in [5.41, 5.74) is 1.33. The van der Waals surface area contributed by atoms with Crippen molar-refractivity contribution >= 4 is 26.8 Å². The quantitative estimate of drug-likeness (QED) is 0.810. The number of hydrogen-bond donors (Lipinski definition) is 1. The predicted molar refractivity (Wildman–Crippen MR) is 89.9 cm³/mol. The lowest BCUT2D eigenvalue weighted by Gasteiger charge is -2.34. The SMILES string of the molecule is NS(=O)(=O)CCN1CCN(C(=O)c2ccnc3ccncc23)CC1. The lowest BCUT2D eigenvalue weighted by atomic mass is 10.1. The average Bonchev–Trinajstić information content (AvgIpc) is 2.59. The molecule has 0 atom stereocenters. The number of primary sulfonamides is 1. The molecular weight excluding hydrogens is 330 g/mol. The van der Waals surface area contributed by atoms with Gasteiger partial charge in [0.25, 0.3) is 5.91 Å². The van der Waals surface area contributed by atoms with Crippen LogP contribution in [-0.2, 0) is 10.0 Å². The van der Waals surface area contributed by atoms with E-state index in [2.05, 4.69) is 9.97 Å². The number of sulfonamides is 1. The van der Waals surface area contributed by atoms with E-state index in [-0.39, 0.29) is 11.7 Å². The van der Waals surface area contributed by atoms with E-state index in [1.165, 1.54) is 0 Å². The van der Waals surface area contributed by atoms with E-state index >= 15 is 0 Å². The molecule has 0 aromatic carbocycles. The van der Waals surface area contributed by atoms with E-state index in [1.54, 1.807) is 35.6 Å². The van der Waals surface area contributed by atoms with Gasteiger partial charge in [0, 0.05) is 56.7 Å². The van der Waals surface area contributed by atoms with Gasteiger partial charge in [0.2, 0.25) is 10.0 Å². The summed E-state index contributed by atoms with van der Waals surface area (Å²) in [4.78, 5) is 24.9. The molecule has 1 saturated heterocycles. The number of rotatable bonds is 4. The van der Waals surface area contributed by atoms with E-state index in [1.807, 2.05) is 4.90 Å². The van der Waals surface area contributed by atoms with Crippen molar-refractivity contribution in [1.29, 1.82) is 0 Å². The minimum atomic E-state index is -3.46. The summed E-state index contributed by atoms with van der Waals surface area (Å²) in [5, 5.41) is 5.76. The Bertz CT molecular complexity index is 842. The number of fused-ring (bicyclic) bond motifs is 1. The van der Waals surface area contributed by atoms with Crippen molar-refractivity contribution in [2.24, 2.45) is 5.14 Å². The van der Waals surface area contributed by atoms with Gasteiger partial charge in [-0.2, -0.15) is 0 Å². The molecule has 128 valence electrons. The zero-order chi connectivity index (χ0) is 17.2. The third-order valence-electron chi connectivity index (χ3n) is 4.12. The number of carbonyl (C=O) groups is 1. The number of piperazine rings is 1. The Morgan fingerprint density at radius 3 is 2.62 bits per heavy atom. The molecule has 0 unspecified atom stereocenters. The summed E-state index contributed by atoms with van der Waals surface area (Å²) < 4.78 is 22.1. The van der Waals surface area contributed by atoms with E-state index in [0.717, 1.165) is 10.9 Å². The van der Waals surface area contributed by atoms with Crippen LogP contribution in [0.4, 0.5) is 0 Å². The molecular formula is C15H19N5O3S. The van der Waals surface area contributed by atoms with Crippen molar-refractivity contribution in [1.82, 2.24) is 19.8 Å². The van der Waals surface area contributed by atoms with Gasteiger partial charge in [-0.05, 0) is 12.1 Å². The molecule has 0 bridgehead atoms. The Balaban J connectivity index is 1.67. The largest absolute Gasteiger partial charge is 0.336 e. The highest BCUT2D eigenvalue weighted by Gasteiger charge is 2.24. The first kappa shape index (κ1) is 16.7. The van der Waals surface area contributed by atoms with Gasteiger partial charge in [0.1, 0.15) is 0 Å². The average molecular weight is 349 g/mol. The Morgan fingerprint density at radius 2 is 1.92 bits per heavy atom. The molecule has 9 heteroatoms. The van der Waals surface area contributed by atoms with Gasteiger partial charge in [0.05, 0.1) is 16.8 Å². The maximum absolute atomic E-state index is 12.8. The van der Waals surface area contributed by atoms with Crippen LogP contribution in [-0.4, -0.2) is 72.6 Å². The molecule has 0 aliphatic carbocycles. The van der Waals surface area contributed by atoms with E-state index in [4.69, 9.17) is 5.14 Å². The number of hydrogen-bond acceptors (Lipinski definition) is 6. The van der Waals surface area contributed by atoms with Crippen LogP contribution in [0.3, 0.4) is 0 Å². The van der Waals surface area contributed by atoms with Crippen molar-refractivity contribution in [3.8, 4) is 0 Å². The zero-order valence-electron chi connectivity index (χ0n) is 13.1. The van der Waals surface area contributed by atoms with Gasteiger partial charge in [-0.1, -0.05) is 0 Å². The standard InChI is InChI=1S/C15H19N5O3S/c16-24(22,23)10-9-19-5-7-20(8-6-19)15(21)12-1-4-18-14-2-3-17-11-13(12)14/h1-4,11H,5-10H2,(H2,16,22,23). The van der Waals surface area contributed by atoms with Crippen LogP contribution in [0.25, 0.3) is 10.9 Å². The molecule has 1 fully saturated rings. The summed E-state index contributed by atoms with van der Waals surface area (Å²) >= 11 is 0. The van der Waals surface area contributed by atoms with Gasteiger partial charge >= 0.3 is 0 Å². The number of aromatic nitrogens is 2. The second kappa shape index (κ2) is 6.80. The third-order valence-corrected chi connectivity index (χ3v) is 4.88. The highest BCUT2D eigenvalue weighted by molar-refractivity contribution is 7.89. The van der Waals surface area contributed by atoms with E-state index in [9.17, 15) is 13.2 Å². The van der Waals surface area contributed by atoms with Gasteiger partial charge in [0.15, 0.2) is 0 Å². The molecule has 0 radical (unpaired) electrons. The third kappa shape index (κ3) is 3.86. The summed E-state index contributed by atoms with van der Waals surface area (Å²) in [5.74, 6) is -0.122. The first-order chi connectivity index (χ1) is 11.4. The van der Waals surface area contributed by atoms with Crippen molar-refractivity contribution in [3.63, 3.8) is 0 Å². The van der Waals surface area contributed by atoms with Crippen molar-refractivity contribution in [2.45, 2.75) is 0 Å². The van der Waals surface area contributed by atoms with Crippen LogP contribution >= 0.6 is 0 Å². The van der Waals surface area contributed by atoms with Crippen LogP contribution in [0, 0.1) is 0 Å². The molecule has 2 N–H and O–H groups in total. The molecule has 1 aliphatic heterocycles.